The molecule has 0 bridgehead atoms. The van der Waals surface area contributed by atoms with Crippen LogP contribution in [0.25, 0.3) is 0 Å². The van der Waals surface area contributed by atoms with Gasteiger partial charge in [0.2, 0.25) is 10.0 Å². The van der Waals surface area contributed by atoms with Crippen LogP contribution in [0.4, 0.5) is 0 Å². The van der Waals surface area contributed by atoms with Crippen molar-refractivity contribution in [3.05, 3.63) is 0 Å². The van der Waals surface area contributed by atoms with Crippen LogP contribution < -0.4 is 2.94 Å². The smallest absolute Gasteiger partial charge is 0.212 e. The Morgan fingerprint density at radius 1 is 1.38 bits per heavy atom. The molecule has 78 valence electrons. The maximum Gasteiger partial charge on any atom is 0.216 e. The lowest BCUT2D eigenvalue weighted by Crippen LogP contribution is -2.15. The molecule has 1 aliphatic carbocycles. The van der Waals surface area contributed by atoms with Crippen molar-refractivity contribution >= 4 is 34.5 Å². The van der Waals surface area contributed by atoms with E-state index >= 15 is 0 Å². The third-order valence-electron chi connectivity index (χ3n) is 2.13. The quantitative estimate of drug-likeness (QED) is 0.624. The summed E-state index contributed by atoms with van der Waals surface area (Å²) in [7, 11) is -2.96. The molecule has 5 heteroatoms. The second kappa shape index (κ2) is 4.84. The maximum absolute atomic E-state index is 10.8. The van der Waals surface area contributed by atoms with Crippen molar-refractivity contribution in [3.8, 4) is 0 Å². The van der Waals surface area contributed by atoms with Crippen LogP contribution in [-0.2, 0) is 10.0 Å². The number of hydrogen-bond acceptors (Lipinski definition) is 2. The van der Waals surface area contributed by atoms with Crippen LogP contribution in [0, 0.1) is 5.92 Å². The first kappa shape index (κ1) is 11.6. The number of halogens is 1. The SMILES string of the molecule is CC1CCC(=INS(C)(=O)=O)CC1. The van der Waals surface area contributed by atoms with Crippen LogP contribution in [0.1, 0.15) is 32.6 Å². The summed E-state index contributed by atoms with van der Waals surface area (Å²) in [6.07, 6.45) is 5.98. The molecule has 0 radical (unpaired) electrons. The lowest BCUT2D eigenvalue weighted by molar-refractivity contribution is 0.488. The van der Waals surface area contributed by atoms with Crippen LogP contribution in [0.2, 0.25) is 0 Å². The molecule has 1 fully saturated rings. The van der Waals surface area contributed by atoms with E-state index in [4.69, 9.17) is 0 Å². The molecule has 13 heavy (non-hydrogen) atoms. The topological polar surface area (TPSA) is 46.2 Å². The summed E-state index contributed by atoms with van der Waals surface area (Å²) in [5.74, 6) is 0.825. The lowest BCUT2D eigenvalue weighted by Gasteiger charge is -2.19. The summed E-state index contributed by atoms with van der Waals surface area (Å²) in [6, 6.07) is 0. The summed E-state index contributed by atoms with van der Waals surface area (Å²) < 4.78 is 25.8. The summed E-state index contributed by atoms with van der Waals surface area (Å²) in [4.78, 5) is 0. The average molecular weight is 317 g/mol. The van der Waals surface area contributed by atoms with Crippen molar-refractivity contribution in [2.75, 3.05) is 6.26 Å². The third kappa shape index (κ3) is 5.07. The number of nitrogens with one attached hydrogen (secondary N) is 1. The minimum Gasteiger partial charge on any atom is -0.212 e. The van der Waals surface area contributed by atoms with Crippen molar-refractivity contribution in [2.45, 2.75) is 32.6 Å². The van der Waals surface area contributed by atoms with E-state index in [-0.39, 0.29) is 0 Å². The zero-order chi connectivity index (χ0) is 9.90. The fourth-order valence-corrected chi connectivity index (χ4v) is 4.84. The first-order chi connectivity index (χ1) is 5.97. The number of hydrogen-bond donors (Lipinski definition) is 1. The van der Waals surface area contributed by atoms with Gasteiger partial charge in [-0.15, -0.1) is 0 Å². The molecule has 1 N–H and O–H groups in total. The van der Waals surface area contributed by atoms with Gasteiger partial charge < -0.3 is 0 Å². The highest BCUT2D eigenvalue weighted by Crippen LogP contribution is 2.24. The van der Waals surface area contributed by atoms with Gasteiger partial charge in [0.25, 0.3) is 0 Å². The zero-order valence-corrected chi connectivity index (χ0v) is 11.0. The monoisotopic (exact) mass is 317 g/mol. The van der Waals surface area contributed by atoms with Gasteiger partial charge in [0.1, 0.15) is 0 Å². The van der Waals surface area contributed by atoms with Crippen LogP contribution in [0.3, 0.4) is 0 Å². The van der Waals surface area contributed by atoms with Gasteiger partial charge in [-0.2, -0.15) is 2.94 Å². The molecule has 0 aromatic carbocycles. The Morgan fingerprint density at radius 2 is 1.92 bits per heavy atom. The number of rotatable bonds is 2. The third-order valence-corrected chi connectivity index (χ3v) is 7.39. The summed E-state index contributed by atoms with van der Waals surface area (Å²) in [6.45, 7) is 2.26. The van der Waals surface area contributed by atoms with E-state index in [0.717, 1.165) is 18.8 Å². The Kier molecular flexibility index (Phi) is 4.31. The molecule has 0 aliphatic heterocycles. The molecule has 0 aromatic rings. The molecule has 0 atom stereocenters. The van der Waals surface area contributed by atoms with Crippen LogP contribution in [-0.4, -0.2) is 18.2 Å². The van der Waals surface area contributed by atoms with E-state index in [1.807, 2.05) is 0 Å². The van der Waals surface area contributed by atoms with Gasteiger partial charge in [-0.05, 0) is 56.1 Å². The molecule has 3 nitrogen and oxygen atoms in total. The van der Waals surface area contributed by atoms with Gasteiger partial charge >= 0.3 is 0 Å². The Morgan fingerprint density at radius 3 is 2.38 bits per heavy atom. The number of sulfonamides is 1. The summed E-state index contributed by atoms with van der Waals surface area (Å²) in [5, 5.41) is 0. The van der Waals surface area contributed by atoms with Crippen molar-refractivity contribution in [3.63, 3.8) is 0 Å². The van der Waals surface area contributed by atoms with E-state index < -0.39 is 31.0 Å². The molecule has 0 unspecified atom stereocenters. The summed E-state index contributed by atoms with van der Waals surface area (Å²) >= 11 is -0.427. The van der Waals surface area contributed by atoms with Crippen molar-refractivity contribution in [2.24, 2.45) is 5.92 Å². The second-order valence-electron chi connectivity index (χ2n) is 3.64. The molecule has 1 rings (SSSR count). The molecule has 1 aliphatic rings. The molecular formula is C8H16INO2S. The second-order valence-corrected chi connectivity index (χ2v) is 8.73. The zero-order valence-electron chi connectivity index (χ0n) is 8.01. The lowest BCUT2D eigenvalue weighted by atomic mass is 9.91. The Hall–Kier alpha value is 0.510. The highest BCUT2D eigenvalue weighted by atomic mass is 127. The fraction of sp³-hybridized carbons (Fsp3) is 0.875. The predicted octanol–water partition coefficient (Wildman–Crippen LogP) is 1.80. The van der Waals surface area contributed by atoms with Crippen LogP contribution in [0.5, 0.6) is 0 Å². The Labute approximate surface area is 90.5 Å². The van der Waals surface area contributed by atoms with Gasteiger partial charge in [-0.25, -0.2) is 8.42 Å². The minimum absolute atomic E-state index is 0.427. The van der Waals surface area contributed by atoms with E-state index in [1.54, 1.807) is 0 Å². The normalized spacial score (nSPS) is 24.8. The largest absolute Gasteiger partial charge is 0.216 e. The molecule has 0 heterocycles. The first-order valence-electron chi connectivity index (χ1n) is 4.42. The highest BCUT2D eigenvalue weighted by Gasteiger charge is 2.12. The van der Waals surface area contributed by atoms with E-state index in [1.165, 1.54) is 22.6 Å². The van der Waals surface area contributed by atoms with Crippen molar-refractivity contribution in [1.29, 1.82) is 0 Å². The molecular weight excluding hydrogens is 301 g/mol. The Balaban J connectivity index is 2.45. The average Bonchev–Trinajstić information content (AvgIpc) is 2.02. The first-order valence-corrected chi connectivity index (χ1v) is 8.47. The van der Waals surface area contributed by atoms with Gasteiger partial charge in [0.05, 0.1) is 6.26 Å². The standard InChI is InChI=1S/C8H16INO2S/c1-7-3-5-8(6-4-7)9-10-13(2,11)12/h7,10H,3-6H2,1-2H3. The molecule has 1 saturated carbocycles. The van der Waals surface area contributed by atoms with E-state index in [0.29, 0.717) is 0 Å². The molecule has 0 spiro atoms. The van der Waals surface area contributed by atoms with E-state index in [2.05, 4.69) is 9.86 Å². The van der Waals surface area contributed by atoms with Gasteiger partial charge in [-0.1, -0.05) is 6.92 Å². The molecule has 0 aromatic heterocycles. The fourth-order valence-electron chi connectivity index (χ4n) is 1.29. The molecule has 0 saturated heterocycles. The predicted molar refractivity (Wildman–Crippen MR) is 64.6 cm³/mol. The minimum atomic E-state index is -2.96. The van der Waals surface area contributed by atoms with Gasteiger partial charge in [-0.3, -0.25) is 0 Å². The van der Waals surface area contributed by atoms with Gasteiger partial charge in [0, 0.05) is 0 Å². The Bertz CT molecular complexity index is 287. The van der Waals surface area contributed by atoms with Crippen molar-refractivity contribution < 1.29 is 8.42 Å². The molecule has 0 amide bonds. The highest BCUT2D eigenvalue weighted by molar-refractivity contribution is 14.2. The van der Waals surface area contributed by atoms with Crippen LogP contribution in [0.15, 0.2) is 0 Å². The summed E-state index contributed by atoms with van der Waals surface area (Å²) in [5.41, 5.74) is 0. The van der Waals surface area contributed by atoms with Crippen molar-refractivity contribution in [1.82, 2.24) is 2.94 Å². The maximum atomic E-state index is 10.8. The van der Waals surface area contributed by atoms with Gasteiger partial charge in [0.15, 0.2) is 0 Å². The van der Waals surface area contributed by atoms with E-state index in [9.17, 15) is 8.42 Å². The van der Waals surface area contributed by atoms with Crippen LogP contribution >= 0.6 is 21.0 Å².